The Hall–Kier alpha value is -12.5. The van der Waals surface area contributed by atoms with E-state index in [-0.39, 0.29) is 95.5 Å². The molecule has 3 N–H and O–H groups in total. The first-order valence-corrected chi connectivity index (χ1v) is 46.8. The van der Waals surface area contributed by atoms with Gasteiger partial charge in [0.2, 0.25) is 0 Å². The number of ketones is 1. The van der Waals surface area contributed by atoms with Gasteiger partial charge in [-0.1, -0.05) is 249 Å². The summed E-state index contributed by atoms with van der Waals surface area (Å²) in [6.07, 6.45) is 6.43. The van der Waals surface area contributed by atoms with Crippen molar-refractivity contribution in [2.24, 2.45) is 10.9 Å². The van der Waals surface area contributed by atoms with E-state index in [1.807, 2.05) is 140 Å². The number of allylic oxidation sites excluding steroid dienone is 2. The Kier molecular flexibility index (Phi) is 39.9. The van der Waals surface area contributed by atoms with Crippen molar-refractivity contribution in [2.75, 3.05) is 39.9 Å². The number of hydrogen-bond donors (Lipinski definition) is 2. The van der Waals surface area contributed by atoms with Gasteiger partial charge in [-0.3, -0.25) is 26.8 Å². The Morgan fingerprint density at radius 1 is 0.507 bits per heavy atom. The second-order valence-electron chi connectivity index (χ2n) is 31.4. The molecule has 4 aliphatic rings. The van der Waals surface area contributed by atoms with Gasteiger partial charge in [0.25, 0.3) is 0 Å². The second-order valence-corrected chi connectivity index (χ2v) is 36.5. The number of pyridine rings is 2. The number of aliphatic hydroxyl groups is 1. The van der Waals surface area contributed by atoms with Gasteiger partial charge in [0.1, 0.15) is 41.9 Å². The summed E-state index contributed by atoms with van der Waals surface area (Å²) in [4.78, 5) is 32.2. The van der Waals surface area contributed by atoms with Gasteiger partial charge in [-0.05, 0) is 151 Å². The van der Waals surface area contributed by atoms with Gasteiger partial charge in [-0.25, -0.2) is 37.5 Å². The fourth-order valence-corrected chi connectivity index (χ4v) is 20.6. The zero-order valence-electron chi connectivity index (χ0n) is 74.9. The van der Waals surface area contributed by atoms with E-state index in [9.17, 15) is 4.79 Å². The Morgan fingerprint density at radius 3 is 1.41 bits per heavy atom. The van der Waals surface area contributed by atoms with Crippen molar-refractivity contribution in [3.8, 4) is 22.8 Å². The normalized spacial score (nSPS) is 13.5. The maximum atomic E-state index is 10.0. The van der Waals surface area contributed by atoms with E-state index < -0.39 is 7.92 Å². The molecule has 4 aliphatic heterocycles. The third-order valence-electron chi connectivity index (χ3n) is 21.7. The molecule has 4 atom stereocenters. The molecule has 21 heteroatoms. The Morgan fingerprint density at radius 2 is 0.933 bits per heavy atom. The summed E-state index contributed by atoms with van der Waals surface area (Å²) in [6, 6.07) is 137. The van der Waals surface area contributed by atoms with Crippen LogP contribution in [0, 0.1) is 38.2 Å². The van der Waals surface area contributed by atoms with Crippen LogP contribution in [0.15, 0.2) is 424 Å². The van der Waals surface area contributed by atoms with Crippen LogP contribution in [0.5, 0.6) is 11.5 Å². The SMILES string of the molecule is CC(=O)/C=C(/C)O.CN1c2ccccc2N2c3cccc4c3C(C12)C1N(C)c2ccccc2N41.N=C(N=C([NH-])c1ccccn1)c1ccccc1.[CH2-]c1ccccc1[N-]c1ccccc1PCC(C)C.[CH2-]c1ccccc1[N-]c1ccccc1[CH2-].[Cu+].[Cu].[Cu].[Pt].[c-]1ccccc1-c1ccccn1.c1ccc(Pc2ccccc2Oc2ccccc2[PH+](c2ccccc2)c2ccccc2)cc1. The summed E-state index contributed by atoms with van der Waals surface area (Å²) in [6.45, 7) is 19.3. The fraction of sp³-hybridized carbons (Fsp3) is 0.0973. The number of aromatic nitrogens is 2. The van der Waals surface area contributed by atoms with Crippen LogP contribution in [-0.2, 0) is 77.1 Å². The van der Waals surface area contributed by atoms with E-state index in [0.29, 0.717) is 38.1 Å². The number of nitrogens with one attached hydrogen (secondary N) is 2. The number of ether oxygens (including phenoxy) is 1. The quantitative estimate of drug-likeness (QED) is 0.0161. The number of aliphatic hydroxyl groups excluding tert-OH is 1. The van der Waals surface area contributed by atoms with Crippen LogP contribution in [0.2, 0.25) is 0 Å². The summed E-state index contributed by atoms with van der Waals surface area (Å²) in [5, 5.41) is 33.2. The summed E-state index contributed by atoms with van der Waals surface area (Å²) >= 11 is 0. The Labute approximate surface area is 841 Å². The van der Waals surface area contributed by atoms with Crippen molar-refractivity contribution in [1.82, 2.24) is 9.97 Å². The number of nitrogens with zero attached hydrogens (tertiary/aromatic N) is 9. The summed E-state index contributed by atoms with van der Waals surface area (Å²) in [5.74, 6) is 3.02. The number of anilines is 6. The van der Waals surface area contributed by atoms with E-state index in [1.165, 1.54) is 97.6 Å². The van der Waals surface area contributed by atoms with E-state index >= 15 is 0 Å². The number of hydrogen-bond acceptors (Lipinski definition) is 10. The van der Waals surface area contributed by atoms with Crippen LogP contribution in [0.25, 0.3) is 27.6 Å². The zero-order valence-corrected chi connectivity index (χ0v) is 83.0. The monoisotopic (exact) mass is 2140 g/mol. The molecule has 14 aromatic carbocycles. The molecule has 0 bridgehead atoms. The molecule has 6 heterocycles. The number of carbonyl (C=O) groups is 1. The molecule has 0 spiro atoms. The molecule has 0 saturated heterocycles. The number of likely N-dealkylation sites (N-methyl/N-ethyl adjacent to an activating group) is 2. The first-order valence-electron chi connectivity index (χ1n) is 43.1. The first kappa shape index (κ1) is 104. The molecule has 16 aromatic rings. The van der Waals surface area contributed by atoms with E-state index in [2.05, 4.69) is 319 Å². The molecule has 692 valence electrons. The van der Waals surface area contributed by atoms with Crippen LogP contribution in [0.3, 0.4) is 0 Å². The number of carbonyl (C=O) groups excluding carboxylic acids is 1. The maximum absolute atomic E-state index is 10.0. The van der Waals surface area contributed by atoms with E-state index in [4.69, 9.17) is 26.3 Å². The van der Waals surface area contributed by atoms with Crippen molar-refractivity contribution in [2.45, 2.75) is 45.9 Å². The number of fused-ring (bicyclic) bond motifs is 10. The molecule has 0 amide bonds. The van der Waals surface area contributed by atoms with Crippen molar-refractivity contribution in [1.29, 1.82) is 5.41 Å². The topological polar surface area (TPSA) is 173 Å². The van der Waals surface area contributed by atoms with Crippen LogP contribution in [0.4, 0.5) is 56.9 Å². The maximum Gasteiger partial charge on any atom is 1.00 e. The molecule has 2 radical (unpaired) electrons. The minimum absolute atomic E-state index is 0. The first-order chi connectivity index (χ1) is 63.5. The van der Waals surface area contributed by atoms with Gasteiger partial charge >= 0.3 is 17.1 Å². The van der Waals surface area contributed by atoms with E-state index in [0.717, 1.165) is 76.7 Å². The molecule has 0 saturated carbocycles. The average molecular weight is 2140 g/mol. The number of aliphatic imine (C=N–C) groups is 1. The van der Waals surface area contributed by atoms with Crippen molar-refractivity contribution >= 4 is 131 Å². The van der Waals surface area contributed by atoms with Crippen molar-refractivity contribution < 1.29 is 86.9 Å². The van der Waals surface area contributed by atoms with Crippen molar-refractivity contribution in [3.05, 3.63) is 495 Å². The fourth-order valence-electron chi connectivity index (χ4n) is 15.7. The molecule has 0 aliphatic carbocycles. The van der Waals surface area contributed by atoms with Gasteiger partial charge in [-0.2, -0.15) is 18.2 Å². The van der Waals surface area contributed by atoms with Gasteiger partial charge in [0.15, 0.2) is 11.5 Å². The van der Waals surface area contributed by atoms with Crippen LogP contribution < -0.4 is 56.2 Å². The van der Waals surface area contributed by atoms with Crippen molar-refractivity contribution in [3.63, 3.8) is 0 Å². The van der Waals surface area contributed by atoms with E-state index in [1.54, 1.807) is 42.7 Å². The van der Waals surface area contributed by atoms with Gasteiger partial charge in [-0.15, -0.1) is 78.0 Å². The van der Waals surface area contributed by atoms with Crippen LogP contribution >= 0.6 is 25.1 Å². The Balaban J connectivity index is 0.000000168. The molecule has 4 unspecified atom stereocenters. The molecule has 134 heavy (non-hydrogen) atoms. The summed E-state index contributed by atoms with van der Waals surface area (Å²) in [7, 11) is 4.65. The van der Waals surface area contributed by atoms with Gasteiger partial charge in [0.05, 0.1) is 40.1 Å². The number of benzene rings is 14. The van der Waals surface area contributed by atoms with Gasteiger partial charge in [0, 0.05) is 116 Å². The standard InChI is InChI=1S/C30H24OP2.C23H20N4.C17H20NP.C14H12N.C13H11N4.C11H8N.C5H8O2.3Cu.Pt/c1-4-14-24(15-5-1)32-29-22-12-10-20-27(29)31-28-21-11-13-23-30(28)33(25-16-6-2-7-17-25)26-18-8-3-9-19-26;1-24-14-8-3-5-10-16(14)26-18-12-7-13-19-20(18)21(22(24)26)23-25(2)15-9-4-6-11-17(15)27(19)23;1-13(2)12-19-17-11-7-6-10-16(17)18-15-9-5-4-8-14(15)3;1-11-7-3-5-9-13(11)15-14-10-6-4-8-12(14)2;14-12(10-6-2-1-3-7-10)17-13(15)11-8-4-5-9-16-11;1-2-6-10(7-3-1)11-8-4-5-9-12-11;1-4(6)3-5(2)7;;;;/h1-23,32H;3-13,21-23H,1-2H3;4-11,13,19H,3,12H2,1-2H3;3-10H,1-2H2;1-9H,(H2-,14,15,17);1-6,8-9H;3,6H,1-2H3;;;;/q;;-2;-3;2*-1;;;;+1;/p+1/b;;;;;;4-3-;;;;. The molecular weight excluding hydrogens is 2040 g/mol. The molecule has 2 aromatic heterocycles. The summed E-state index contributed by atoms with van der Waals surface area (Å²) in [5.41, 5.74) is 27.2. The third-order valence-corrected chi connectivity index (χ3v) is 27.6. The van der Waals surface area contributed by atoms with Crippen LogP contribution in [-0.4, -0.2) is 65.1 Å². The third kappa shape index (κ3) is 26.7. The molecule has 14 nitrogen and oxygen atoms in total. The smallest absolute Gasteiger partial charge is 0.774 e. The Bertz CT molecular complexity index is 6280. The summed E-state index contributed by atoms with van der Waals surface area (Å²) < 4.78 is 6.67. The zero-order chi connectivity index (χ0) is 90.7. The predicted molar refractivity (Wildman–Crippen MR) is 554 cm³/mol. The predicted octanol–water partition coefficient (Wildman–Crippen LogP) is 26.3. The number of para-hydroxylation sites is 10. The number of rotatable bonds is 18. The molecule has 20 rings (SSSR count). The minimum atomic E-state index is -1.22. The largest absolute Gasteiger partial charge is 1.00 e. The average Bonchev–Trinajstić information content (AvgIpc) is 1.51. The van der Waals surface area contributed by atoms with Crippen LogP contribution in [0.1, 0.15) is 67.1 Å². The minimum Gasteiger partial charge on any atom is -0.774 e. The number of amidine groups is 2. The molecule has 0 fully saturated rings. The second kappa shape index (κ2) is 51.6. The van der Waals surface area contributed by atoms with Gasteiger partial charge < -0.3 is 61.2 Å². The molecular formula is C113H104Cu3N11O3P3Pt-5.